The van der Waals surface area contributed by atoms with Gasteiger partial charge in [-0.1, -0.05) is 12.1 Å². The van der Waals surface area contributed by atoms with E-state index in [0.717, 1.165) is 5.69 Å². The largest absolute Gasteiger partial charge is 0.462 e. The van der Waals surface area contributed by atoms with E-state index in [0.29, 0.717) is 12.2 Å². The normalized spacial score (nSPS) is 10.1. The zero-order chi connectivity index (χ0) is 11.3. The Balaban J connectivity index is 2.90. The number of para-hydroxylation sites is 1. The summed E-state index contributed by atoms with van der Waals surface area (Å²) in [7, 11) is 3.73. The highest BCUT2D eigenvalue weighted by Crippen LogP contribution is 2.16. The fraction of sp³-hybridized carbons (Fsp3) is 0.364. The number of ether oxygens (including phenoxy) is 1. The van der Waals surface area contributed by atoms with E-state index in [1.807, 2.05) is 32.3 Å². The Morgan fingerprint density at radius 1 is 1.40 bits per heavy atom. The Labute approximate surface area is 89.8 Å². The quantitative estimate of drug-likeness (QED) is 0.604. The first-order chi connectivity index (χ1) is 7.15. The number of hydrogen-bond acceptors (Lipinski definition) is 4. The molecule has 1 aromatic rings. The Hall–Kier alpha value is -1.55. The predicted molar refractivity (Wildman–Crippen MR) is 59.7 cm³/mol. The average molecular weight is 208 g/mol. The molecule has 0 heterocycles. The molecule has 0 saturated heterocycles. The van der Waals surface area contributed by atoms with Crippen molar-refractivity contribution in [2.45, 2.75) is 6.92 Å². The topological polar surface area (TPSA) is 41.6 Å². The van der Waals surface area contributed by atoms with Crippen LogP contribution in [0.1, 0.15) is 17.3 Å². The van der Waals surface area contributed by atoms with Gasteiger partial charge in [-0.2, -0.15) is 0 Å². The van der Waals surface area contributed by atoms with Crippen LogP contribution >= 0.6 is 0 Å². The molecule has 1 rings (SSSR count). The molecule has 82 valence electrons. The van der Waals surface area contributed by atoms with Crippen LogP contribution in [-0.4, -0.2) is 31.7 Å². The number of hydrogen-bond donors (Lipinski definition) is 1. The Kier molecular flexibility index (Phi) is 4.12. The highest BCUT2D eigenvalue weighted by atomic mass is 16.5. The fourth-order valence-corrected chi connectivity index (χ4v) is 1.21. The van der Waals surface area contributed by atoms with Crippen molar-refractivity contribution < 1.29 is 9.53 Å². The molecular weight excluding hydrogens is 192 g/mol. The van der Waals surface area contributed by atoms with Crippen molar-refractivity contribution in [1.29, 1.82) is 0 Å². The number of carbonyl (C=O) groups is 1. The summed E-state index contributed by atoms with van der Waals surface area (Å²) in [4.78, 5) is 11.6. The number of carbonyl (C=O) groups excluding carboxylic acids is 1. The first-order valence-electron chi connectivity index (χ1n) is 4.85. The maximum absolute atomic E-state index is 11.6. The summed E-state index contributed by atoms with van der Waals surface area (Å²) in [6.45, 7) is 2.18. The van der Waals surface area contributed by atoms with Gasteiger partial charge in [0.15, 0.2) is 0 Å². The van der Waals surface area contributed by atoms with Crippen LogP contribution in [0.3, 0.4) is 0 Å². The van der Waals surface area contributed by atoms with Gasteiger partial charge in [-0.25, -0.2) is 9.80 Å². The molecule has 15 heavy (non-hydrogen) atoms. The second kappa shape index (κ2) is 5.36. The van der Waals surface area contributed by atoms with E-state index in [9.17, 15) is 4.79 Å². The predicted octanol–water partition coefficient (Wildman–Crippen LogP) is 1.75. The van der Waals surface area contributed by atoms with Gasteiger partial charge < -0.3 is 10.2 Å². The third-order valence-corrected chi connectivity index (χ3v) is 1.77. The van der Waals surface area contributed by atoms with Crippen LogP contribution in [-0.2, 0) is 4.74 Å². The van der Waals surface area contributed by atoms with Crippen LogP contribution in [0.15, 0.2) is 24.3 Å². The number of esters is 1. The van der Waals surface area contributed by atoms with E-state index < -0.39 is 0 Å². The monoisotopic (exact) mass is 208 g/mol. The number of nitrogens with zero attached hydrogens (tertiary/aromatic N) is 1. The van der Waals surface area contributed by atoms with Crippen LogP contribution in [0.5, 0.6) is 0 Å². The van der Waals surface area contributed by atoms with E-state index in [1.54, 1.807) is 18.0 Å². The van der Waals surface area contributed by atoms with Crippen molar-refractivity contribution in [2.24, 2.45) is 0 Å². The zero-order valence-electron chi connectivity index (χ0n) is 9.28. The molecule has 1 aromatic carbocycles. The molecule has 1 N–H and O–H groups in total. The fourth-order valence-electron chi connectivity index (χ4n) is 1.21. The Morgan fingerprint density at radius 3 is 2.67 bits per heavy atom. The van der Waals surface area contributed by atoms with Gasteiger partial charge in [-0.05, 0) is 19.1 Å². The maximum Gasteiger partial charge on any atom is 0.340 e. The minimum absolute atomic E-state index is 0.303. The summed E-state index contributed by atoms with van der Waals surface area (Å²) in [5.41, 5.74) is 4.35. The van der Waals surface area contributed by atoms with Crippen LogP contribution < -0.4 is 5.43 Å². The van der Waals surface area contributed by atoms with E-state index in [-0.39, 0.29) is 5.97 Å². The lowest BCUT2D eigenvalue weighted by atomic mass is 10.2. The smallest absolute Gasteiger partial charge is 0.340 e. The molecule has 0 aromatic heterocycles. The minimum Gasteiger partial charge on any atom is -0.462 e. The third-order valence-electron chi connectivity index (χ3n) is 1.77. The number of anilines is 1. The van der Waals surface area contributed by atoms with E-state index >= 15 is 0 Å². The molecule has 0 amide bonds. The third kappa shape index (κ3) is 3.25. The second-order valence-electron chi connectivity index (χ2n) is 3.27. The molecule has 4 heteroatoms. The molecule has 0 aliphatic heterocycles. The highest BCUT2D eigenvalue weighted by molar-refractivity contribution is 5.95. The molecule has 0 aliphatic carbocycles. The van der Waals surface area contributed by atoms with E-state index in [4.69, 9.17) is 4.74 Å². The number of nitrogens with one attached hydrogen (secondary N) is 1. The molecule has 0 fully saturated rings. The summed E-state index contributed by atoms with van der Waals surface area (Å²) >= 11 is 0. The summed E-state index contributed by atoms with van der Waals surface area (Å²) in [6, 6.07) is 7.26. The van der Waals surface area contributed by atoms with Gasteiger partial charge >= 0.3 is 5.97 Å². The lowest BCUT2D eigenvalue weighted by Gasteiger charge is -2.16. The maximum atomic E-state index is 11.6. The molecule has 0 radical (unpaired) electrons. The van der Waals surface area contributed by atoms with Gasteiger partial charge in [0.25, 0.3) is 0 Å². The first kappa shape index (κ1) is 11.5. The molecule has 0 unspecified atom stereocenters. The van der Waals surface area contributed by atoms with Gasteiger partial charge in [0.1, 0.15) is 0 Å². The molecule has 0 aliphatic rings. The van der Waals surface area contributed by atoms with Crippen molar-refractivity contribution >= 4 is 11.7 Å². The van der Waals surface area contributed by atoms with Crippen molar-refractivity contribution in [1.82, 2.24) is 5.01 Å². The summed E-state index contributed by atoms with van der Waals surface area (Å²) < 4.78 is 4.95. The SMILES string of the molecule is CCOC(=O)c1ccccc1NN(C)C. The first-order valence-corrected chi connectivity index (χ1v) is 4.85. The number of rotatable bonds is 4. The van der Waals surface area contributed by atoms with Crippen molar-refractivity contribution in [3.8, 4) is 0 Å². The van der Waals surface area contributed by atoms with E-state index in [1.165, 1.54) is 0 Å². The van der Waals surface area contributed by atoms with Crippen molar-refractivity contribution in [3.63, 3.8) is 0 Å². The Bertz CT molecular complexity index is 337. The lowest BCUT2D eigenvalue weighted by molar-refractivity contribution is 0.0527. The number of benzene rings is 1. The lowest BCUT2D eigenvalue weighted by Crippen LogP contribution is -2.21. The molecule has 0 atom stereocenters. The van der Waals surface area contributed by atoms with Crippen molar-refractivity contribution in [2.75, 3.05) is 26.1 Å². The van der Waals surface area contributed by atoms with Gasteiger partial charge in [0.05, 0.1) is 17.9 Å². The zero-order valence-corrected chi connectivity index (χ0v) is 9.28. The standard InChI is InChI=1S/C11H16N2O2/c1-4-15-11(14)9-7-5-6-8-10(9)12-13(2)3/h5-8,12H,4H2,1-3H3. The van der Waals surface area contributed by atoms with Crippen LogP contribution in [0, 0.1) is 0 Å². The minimum atomic E-state index is -0.303. The molecule has 0 spiro atoms. The number of hydrazine groups is 1. The van der Waals surface area contributed by atoms with Gasteiger partial charge in [0.2, 0.25) is 0 Å². The Morgan fingerprint density at radius 2 is 2.07 bits per heavy atom. The van der Waals surface area contributed by atoms with Crippen LogP contribution in [0.4, 0.5) is 5.69 Å². The van der Waals surface area contributed by atoms with Crippen LogP contribution in [0.25, 0.3) is 0 Å². The van der Waals surface area contributed by atoms with Crippen molar-refractivity contribution in [3.05, 3.63) is 29.8 Å². The molecule has 0 saturated carbocycles. The second-order valence-corrected chi connectivity index (χ2v) is 3.27. The summed E-state index contributed by atoms with van der Waals surface area (Å²) in [6.07, 6.45) is 0. The van der Waals surface area contributed by atoms with Crippen LogP contribution in [0.2, 0.25) is 0 Å². The van der Waals surface area contributed by atoms with Gasteiger partial charge in [-0.15, -0.1) is 0 Å². The van der Waals surface area contributed by atoms with E-state index in [2.05, 4.69) is 5.43 Å². The molecular formula is C11H16N2O2. The summed E-state index contributed by atoms with van der Waals surface area (Å²) in [5.74, 6) is -0.303. The molecule has 0 bridgehead atoms. The van der Waals surface area contributed by atoms with Gasteiger partial charge in [0, 0.05) is 14.1 Å². The summed E-state index contributed by atoms with van der Waals surface area (Å²) in [5, 5.41) is 1.78. The average Bonchev–Trinajstić information content (AvgIpc) is 2.18. The highest BCUT2D eigenvalue weighted by Gasteiger charge is 2.11. The van der Waals surface area contributed by atoms with Gasteiger partial charge in [-0.3, -0.25) is 0 Å². The molecule has 4 nitrogen and oxygen atoms in total.